The highest BCUT2D eigenvalue weighted by Gasteiger charge is 2.21. The van der Waals surface area contributed by atoms with Crippen molar-refractivity contribution < 1.29 is 14.3 Å². The molecule has 10 heteroatoms. The molecule has 1 aliphatic rings. The van der Waals surface area contributed by atoms with E-state index < -0.39 is 5.95 Å². The van der Waals surface area contributed by atoms with Crippen molar-refractivity contribution >= 4 is 35.6 Å². The number of carbonyl (C=O) groups is 1. The Morgan fingerprint density at radius 1 is 1.34 bits per heavy atom. The first-order valence-electron chi connectivity index (χ1n) is 10.7. The zero-order valence-electron chi connectivity index (χ0n) is 19.2. The average molecular weight is 463 g/mol. The SMILES string of the molecule is C/C=N\C(=NC)N(C)Cc1nc(-c2ccc(N3CCC(O)CC3)nc2F)sc1C=O.CC. The molecule has 2 aromatic rings. The lowest BCUT2D eigenvalue weighted by Gasteiger charge is -2.30. The molecule has 0 spiro atoms. The van der Waals surface area contributed by atoms with Gasteiger partial charge in [0.15, 0.2) is 6.29 Å². The molecule has 0 amide bonds. The van der Waals surface area contributed by atoms with Crippen LogP contribution in [-0.2, 0) is 6.54 Å². The van der Waals surface area contributed by atoms with Gasteiger partial charge in [-0.15, -0.1) is 11.3 Å². The van der Waals surface area contributed by atoms with Gasteiger partial charge in [-0.2, -0.15) is 4.39 Å². The third kappa shape index (κ3) is 6.17. The zero-order valence-corrected chi connectivity index (χ0v) is 20.1. The molecule has 0 saturated carbocycles. The fourth-order valence-corrected chi connectivity index (χ4v) is 4.18. The van der Waals surface area contributed by atoms with Gasteiger partial charge in [-0.1, -0.05) is 13.8 Å². The van der Waals surface area contributed by atoms with Crippen LogP contribution in [0.5, 0.6) is 0 Å². The molecule has 1 N–H and O–H groups in total. The van der Waals surface area contributed by atoms with Crippen LogP contribution in [0.4, 0.5) is 10.2 Å². The Morgan fingerprint density at radius 3 is 2.59 bits per heavy atom. The Morgan fingerprint density at radius 2 is 2.03 bits per heavy atom. The van der Waals surface area contributed by atoms with Gasteiger partial charge < -0.3 is 14.9 Å². The van der Waals surface area contributed by atoms with Crippen molar-refractivity contribution in [1.29, 1.82) is 0 Å². The van der Waals surface area contributed by atoms with Crippen LogP contribution in [0.1, 0.15) is 49.0 Å². The number of hydrogen-bond donors (Lipinski definition) is 1. The number of guanidine groups is 1. The second-order valence-corrected chi connectivity index (χ2v) is 7.97. The summed E-state index contributed by atoms with van der Waals surface area (Å²) >= 11 is 1.13. The summed E-state index contributed by atoms with van der Waals surface area (Å²) in [6, 6.07) is 3.39. The second-order valence-electron chi connectivity index (χ2n) is 6.94. The van der Waals surface area contributed by atoms with Gasteiger partial charge in [-0.25, -0.2) is 15.0 Å². The molecule has 32 heavy (non-hydrogen) atoms. The number of hydrogen-bond acceptors (Lipinski definition) is 7. The van der Waals surface area contributed by atoms with Crippen LogP contribution in [0.25, 0.3) is 10.6 Å². The van der Waals surface area contributed by atoms with Crippen molar-refractivity contribution in [2.75, 3.05) is 32.1 Å². The minimum atomic E-state index is -0.629. The number of rotatable bonds is 5. The summed E-state index contributed by atoms with van der Waals surface area (Å²) in [6.07, 6.45) is 3.34. The highest BCUT2D eigenvalue weighted by Crippen LogP contribution is 2.31. The normalized spacial score (nSPS) is 15.0. The van der Waals surface area contributed by atoms with E-state index in [1.54, 1.807) is 44.3 Å². The molecule has 0 bridgehead atoms. The first kappa shape index (κ1) is 25.5. The van der Waals surface area contributed by atoms with Crippen LogP contribution in [0.2, 0.25) is 0 Å². The lowest BCUT2D eigenvalue weighted by Crippen LogP contribution is -2.36. The molecule has 3 rings (SSSR count). The minimum Gasteiger partial charge on any atom is -0.393 e. The van der Waals surface area contributed by atoms with Crippen molar-refractivity contribution in [3.8, 4) is 10.6 Å². The first-order valence-corrected chi connectivity index (χ1v) is 11.5. The number of carbonyl (C=O) groups excluding carboxylic acids is 1. The minimum absolute atomic E-state index is 0.258. The molecule has 8 nitrogen and oxygen atoms in total. The number of aliphatic hydroxyl groups excluding tert-OH is 1. The van der Waals surface area contributed by atoms with E-state index in [0.717, 1.165) is 17.6 Å². The number of nitrogens with zero attached hydrogens (tertiary/aromatic N) is 6. The third-order valence-electron chi connectivity index (χ3n) is 4.86. The number of thiazole rings is 1. The van der Waals surface area contributed by atoms with Crippen LogP contribution >= 0.6 is 11.3 Å². The van der Waals surface area contributed by atoms with Crippen molar-refractivity contribution in [3.63, 3.8) is 0 Å². The molecule has 3 heterocycles. The lowest BCUT2D eigenvalue weighted by atomic mass is 10.1. The number of aldehydes is 1. The van der Waals surface area contributed by atoms with Crippen LogP contribution in [0, 0.1) is 5.95 Å². The van der Waals surface area contributed by atoms with Crippen LogP contribution in [-0.4, -0.2) is 71.7 Å². The maximum Gasteiger partial charge on any atom is 0.225 e. The van der Waals surface area contributed by atoms with Gasteiger partial charge in [-0.3, -0.25) is 9.79 Å². The number of pyridine rings is 1. The molecule has 0 aromatic carbocycles. The van der Waals surface area contributed by atoms with Gasteiger partial charge in [0.1, 0.15) is 10.8 Å². The summed E-state index contributed by atoms with van der Waals surface area (Å²) in [4.78, 5) is 32.6. The van der Waals surface area contributed by atoms with Crippen LogP contribution < -0.4 is 4.90 Å². The molecule has 1 aliphatic heterocycles. The summed E-state index contributed by atoms with van der Waals surface area (Å²) in [7, 11) is 3.44. The number of aliphatic imine (C=N–C) groups is 2. The fraction of sp³-hybridized carbons (Fsp3) is 0.500. The largest absolute Gasteiger partial charge is 0.393 e. The number of halogens is 1. The highest BCUT2D eigenvalue weighted by molar-refractivity contribution is 7.16. The molecule has 2 aromatic heterocycles. The number of aliphatic hydroxyl groups is 1. The first-order chi connectivity index (χ1) is 15.5. The molecular formula is C22H31FN6O2S. The molecule has 0 atom stereocenters. The molecule has 174 valence electrons. The average Bonchev–Trinajstić information content (AvgIpc) is 3.21. The number of aromatic nitrogens is 2. The Hall–Kier alpha value is -2.72. The fourth-order valence-electron chi connectivity index (χ4n) is 3.28. The highest BCUT2D eigenvalue weighted by atomic mass is 32.1. The van der Waals surface area contributed by atoms with Gasteiger partial charge in [0.05, 0.1) is 28.8 Å². The Kier molecular flexibility index (Phi) is 9.86. The van der Waals surface area contributed by atoms with Gasteiger partial charge in [0.2, 0.25) is 11.9 Å². The summed E-state index contributed by atoms with van der Waals surface area (Å²) in [6.45, 7) is 7.38. The molecular weight excluding hydrogens is 431 g/mol. The molecule has 1 fully saturated rings. The molecule has 0 unspecified atom stereocenters. The van der Waals surface area contributed by atoms with E-state index in [1.165, 1.54) is 0 Å². The monoisotopic (exact) mass is 462 g/mol. The third-order valence-corrected chi connectivity index (χ3v) is 5.92. The number of anilines is 1. The molecule has 0 radical (unpaired) electrons. The second kappa shape index (κ2) is 12.4. The van der Waals surface area contributed by atoms with Crippen molar-refractivity contribution in [1.82, 2.24) is 14.9 Å². The smallest absolute Gasteiger partial charge is 0.225 e. The van der Waals surface area contributed by atoms with E-state index in [9.17, 15) is 14.3 Å². The van der Waals surface area contributed by atoms with E-state index >= 15 is 0 Å². The standard InChI is InChI=1S/C20H25FN6O2S.C2H6/c1-4-23-20(22-2)26(3)11-15-16(12-28)30-19(24-15)14-5-6-17(25-18(14)21)27-9-7-13(29)8-10-27;1-2/h4-6,12-13,29H,7-11H2,1-3H3;1-2H3/b22-20?,23-4-;. The summed E-state index contributed by atoms with van der Waals surface area (Å²) in [5.74, 6) is 0.417. The number of piperidine rings is 1. The van der Waals surface area contributed by atoms with Crippen LogP contribution in [0.3, 0.4) is 0 Å². The predicted octanol–water partition coefficient (Wildman–Crippen LogP) is 3.65. The van der Waals surface area contributed by atoms with E-state index in [-0.39, 0.29) is 11.7 Å². The predicted molar refractivity (Wildman–Crippen MR) is 128 cm³/mol. The molecule has 1 saturated heterocycles. The maximum atomic E-state index is 14.8. The van der Waals surface area contributed by atoms with Gasteiger partial charge in [-0.05, 0) is 31.9 Å². The zero-order chi connectivity index (χ0) is 23.7. The van der Waals surface area contributed by atoms with Crippen molar-refractivity contribution in [2.24, 2.45) is 9.98 Å². The summed E-state index contributed by atoms with van der Waals surface area (Å²) < 4.78 is 14.8. The van der Waals surface area contributed by atoms with E-state index in [2.05, 4.69) is 20.0 Å². The van der Waals surface area contributed by atoms with E-state index in [4.69, 9.17) is 0 Å². The molecule has 0 aliphatic carbocycles. The van der Waals surface area contributed by atoms with E-state index in [0.29, 0.717) is 59.8 Å². The summed E-state index contributed by atoms with van der Waals surface area (Å²) in [5.41, 5.74) is 0.794. The topological polar surface area (TPSA) is 94.3 Å². The van der Waals surface area contributed by atoms with Crippen molar-refractivity contribution in [3.05, 3.63) is 28.7 Å². The quantitative estimate of drug-likeness (QED) is 0.315. The van der Waals surface area contributed by atoms with Crippen molar-refractivity contribution in [2.45, 2.75) is 46.3 Å². The Labute approximate surface area is 192 Å². The summed E-state index contributed by atoms with van der Waals surface area (Å²) in [5, 5.41) is 10.0. The Bertz CT molecular complexity index is 954. The van der Waals surface area contributed by atoms with E-state index in [1.807, 2.05) is 18.7 Å². The van der Waals surface area contributed by atoms with Gasteiger partial charge in [0.25, 0.3) is 0 Å². The maximum absolute atomic E-state index is 14.8. The lowest BCUT2D eigenvalue weighted by molar-refractivity contribution is 0.112. The van der Waals surface area contributed by atoms with Gasteiger partial charge >= 0.3 is 0 Å². The van der Waals surface area contributed by atoms with Crippen LogP contribution in [0.15, 0.2) is 22.1 Å². The van der Waals surface area contributed by atoms with Gasteiger partial charge in [0, 0.05) is 33.4 Å². The Balaban J connectivity index is 0.00000176.